The fourth-order valence-corrected chi connectivity index (χ4v) is 4.64. The lowest BCUT2D eigenvalue weighted by atomic mass is 9.72. The maximum atomic E-state index is 6.55. The second kappa shape index (κ2) is 7.14. The molecule has 0 saturated heterocycles. The van der Waals surface area contributed by atoms with Crippen molar-refractivity contribution in [3.63, 3.8) is 0 Å². The van der Waals surface area contributed by atoms with Gasteiger partial charge < -0.3 is 5.73 Å². The van der Waals surface area contributed by atoms with Crippen molar-refractivity contribution in [2.75, 3.05) is 0 Å². The average molecular weight is 421 g/mol. The Bertz CT molecular complexity index is 1390. The number of benzene rings is 2. The average Bonchev–Trinajstić information content (AvgIpc) is 3.44. The summed E-state index contributed by atoms with van der Waals surface area (Å²) in [5.41, 5.74) is 15.2. The Morgan fingerprint density at radius 3 is 2.41 bits per heavy atom. The standard InChI is InChI=1S/C26H24N6/c1-17-25(22-12-15-28-30-22)32-23(29-17)16-21(18-6-3-2-4-7-18)24(31-32)19-8-10-20(11-9-19)26(27)13-5-14-26/h2-4,6-12,15-16H,5,13-14,27H2,1H3,(H,28,30). The number of aromatic amines is 1. The summed E-state index contributed by atoms with van der Waals surface area (Å²) in [7, 11) is 0. The number of hydrogen-bond donors (Lipinski definition) is 2. The lowest BCUT2D eigenvalue weighted by Gasteiger charge is -2.38. The smallest absolute Gasteiger partial charge is 0.155 e. The maximum Gasteiger partial charge on any atom is 0.155 e. The van der Waals surface area contributed by atoms with Crippen LogP contribution >= 0.6 is 0 Å². The van der Waals surface area contributed by atoms with Gasteiger partial charge in [0.25, 0.3) is 0 Å². The van der Waals surface area contributed by atoms with Crippen LogP contribution in [0, 0.1) is 6.92 Å². The van der Waals surface area contributed by atoms with Crippen LogP contribution in [0.5, 0.6) is 0 Å². The Morgan fingerprint density at radius 2 is 1.75 bits per heavy atom. The summed E-state index contributed by atoms with van der Waals surface area (Å²) in [4.78, 5) is 4.79. The summed E-state index contributed by atoms with van der Waals surface area (Å²) in [6.07, 6.45) is 5.04. The SMILES string of the molecule is Cc1nc2cc(-c3ccccc3)c(-c3ccc(C4(N)CCC4)cc3)nn2c1-c1ccn[nH]1. The molecular formula is C26H24N6. The zero-order valence-electron chi connectivity index (χ0n) is 17.9. The fourth-order valence-electron chi connectivity index (χ4n) is 4.64. The van der Waals surface area contributed by atoms with E-state index in [-0.39, 0.29) is 5.54 Å². The van der Waals surface area contributed by atoms with Gasteiger partial charge in [0.05, 0.1) is 17.1 Å². The number of nitrogens with one attached hydrogen (secondary N) is 1. The first-order valence-corrected chi connectivity index (χ1v) is 11.0. The molecule has 6 heteroatoms. The van der Waals surface area contributed by atoms with Gasteiger partial charge in [0.15, 0.2) is 5.65 Å². The molecule has 0 amide bonds. The molecular weight excluding hydrogens is 396 g/mol. The molecule has 158 valence electrons. The minimum Gasteiger partial charge on any atom is -0.321 e. The predicted octanol–water partition coefficient (Wildman–Crippen LogP) is 5.10. The summed E-state index contributed by atoms with van der Waals surface area (Å²) in [6, 6.07) is 23.0. The third-order valence-electron chi connectivity index (χ3n) is 6.60. The van der Waals surface area contributed by atoms with E-state index in [1.54, 1.807) is 6.20 Å². The quantitative estimate of drug-likeness (QED) is 0.424. The number of nitrogens with zero attached hydrogens (tertiary/aromatic N) is 4. The van der Waals surface area contributed by atoms with Crippen LogP contribution in [0.25, 0.3) is 39.4 Å². The maximum absolute atomic E-state index is 6.55. The van der Waals surface area contributed by atoms with Gasteiger partial charge in [-0.25, -0.2) is 9.50 Å². The minimum absolute atomic E-state index is 0.173. The Balaban J connectivity index is 1.57. The van der Waals surface area contributed by atoms with Gasteiger partial charge in [-0.15, -0.1) is 0 Å². The molecule has 6 rings (SSSR count). The molecule has 0 atom stereocenters. The molecule has 3 aromatic heterocycles. The number of aryl methyl sites for hydroxylation is 1. The van der Waals surface area contributed by atoms with Crippen molar-refractivity contribution in [2.24, 2.45) is 5.73 Å². The number of hydrogen-bond acceptors (Lipinski definition) is 4. The molecule has 0 unspecified atom stereocenters. The van der Waals surface area contributed by atoms with Crippen molar-refractivity contribution in [3.05, 3.63) is 84.2 Å². The lowest BCUT2D eigenvalue weighted by Crippen LogP contribution is -2.43. The van der Waals surface area contributed by atoms with Gasteiger partial charge >= 0.3 is 0 Å². The van der Waals surface area contributed by atoms with Gasteiger partial charge in [-0.05, 0) is 49.4 Å². The monoisotopic (exact) mass is 420 g/mol. The molecule has 3 heterocycles. The Labute approximate surface area is 186 Å². The first-order chi connectivity index (χ1) is 15.6. The van der Waals surface area contributed by atoms with Crippen molar-refractivity contribution in [3.8, 4) is 33.8 Å². The van der Waals surface area contributed by atoms with Crippen molar-refractivity contribution < 1.29 is 0 Å². The number of imidazole rings is 1. The second-order valence-electron chi connectivity index (χ2n) is 8.65. The molecule has 1 aliphatic rings. The van der Waals surface area contributed by atoms with Gasteiger partial charge in [0.1, 0.15) is 5.69 Å². The van der Waals surface area contributed by atoms with Gasteiger partial charge in [-0.2, -0.15) is 10.2 Å². The molecule has 0 aliphatic heterocycles. The third-order valence-corrected chi connectivity index (χ3v) is 6.60. The molecule has 0 spiro atoms. The highest BCUT2D eigenvalue weighted by molar-refractivity contribution is 5.83. The van der Waals surface area contributed by atoms with Crippen LogP contribution in [0.4, 0.5) is 0 Å². The van der Waals surface area contributed by atoms with E-state index in [0.717, 1.165) is 58.0 Å². The highest BCUT2D eigenvalue weighted by Crippen LogP contribution is 2.40. The zero-order chi connectivity index (χ0) is 21.7. The molecule has 1 saturated carbocycles. The molecule has 6 nitrogen and oxygen atoms in total. The van der Waals surface area contributed by atoms with E-state index < -0.39 is 0 Å². The van der Waals surface area contributed by atoms with E-state index >= 15 is 0 Å². The molecule has 0 bridgehead atoms. The van der Waals surface area contributed by atoms with Crippen molar-refractivity contribution in [1.29, 1.82) is 0 Å². The molecule has 3 N–H and O–H groups in total. The second-order valence-corrected chi connectivity index (χ2v) is 8.65. The molecule has 32 heavy (non-hydrogen) atoms. The van der Waals surface area contributed by atoms with Crippen LogP contribution in [0.2, 0.25) is 0 Å². The van der Waals surface area contributed by atoms with Crippen LogP contribution < -0.4 is 5.73 Å². The van der Waals surface area contributed by atoms with Crippen molar-refractivity contribution >= 4 is 5.65 Å². The van der Waals surface area contributed by atoms with E-state index in [4.69, 9.17) is 15.8 Å². The summed E-state index contributed by atoms with van der Waals surface area (Å²) >= 11 is 0. The van der Waals surface area contributed by atoms with Crippen LogP contribution in [0.15, 0.2) is 72.9 Å². The van der Waals surface area contributed by atoms with E-state index in [1.807, 2.05) is 35.7 Å². The number of aromatic nitrogens is 5. The van der Waals surface area contributed by atoms with Gasteiger partial charge in [0.2, 0.25) is 0 Å². The van der Waals surface area contributed by atoms with E-state index in [1.165, 1.54) is 12.0 Å². The van der Waals surface area contributed by atoms with Crippen LogP contribution in [-0.4, -0.2) is 24.8 Å². The van der Waals surface area contributed by atoms with Crippen LogP contribution in [0.1, 0.15) is 30.5 Å². The molecule has 0 radical (unpaired) electrons. The number of H-pyrrole nitrogens is 1. The Morgan fingerprint density at radius 1 is 0.969 bits per heavy atom. The van der Waals surface area contributed by atoms with Gasteiger partial charge in [-0.1, -0.05) is 54.6 Å². The van der Waals surface area contributed by atoms with Crippen LogP contribution in [0.3, 0.4) is 0 Å². The number of rotatable bonds is 4. The topological polar surface area (TPSA) is 84.9 Å². The number of fused-ring (bicyclic) bond motifs is 1. The molecule has 5 aromatic rings. The fraction of sp³-hybridized carbons (Fsp3) is 0.192. The normalized spacial score (nSPS) is 15.1. The van der Waals surface area contributed by atoms with Gasteiger partial charge in [0, 0.05) is 22.9 Å². The summed E-state index contributed by atoms with van der Waals surface area (Å²) in [5.74, 6) is 0. The Kier molecular flexibility index (Phi) is 4.23. The Hall–Kier alpha value is -3.77. The van der Waals surface area contributed by atoms with E-state index in [0.29, 0.717) is 0 Å². The van der Waals surface area contributed by atoms with E-state index in [9.17, 15) is 0 Å². The predicted molar refractivity (Wildman–Crippen MR) is 126 cm³/mol. The largest absolute Gasteiger partial charge is 0.321 e. The van der Waals surface area contributed by atoms with Crippen LogP contribution in [-0.2, 0) is 5.54 Å². The number of nitrogens with two attached hydrogens (primary N) is 1. The minimum atomic E-state index is -0.173. The van der Waals surface area contributed by atoms with Gasteiger partial charge in [-0.3, -0.25) is 5.10 Å². The van der Waals surface area contributed by atoms with Crippen molar-refractivity contribution in [1.82, 2.24) is 24.8 Å². The summed E-state index contributed by atoms with van der Waals surface area (Å²) in [5, 5.41) is 12.3. The summed E-state index contributed by atoms with van der Waals surface area (Å²) in [6.45, 7) is 2.00. The first kappa shape index (κ1) is 19.0. The van der Waals surface area contributed by atoms with E-state index in [2.05, 4.69) is 52.7 Å². The molecule has 1 fully saturated rings. The highest BCUT2D eigenvalue weighted by Gasteiger charge is 2.34. The third kappa shape index (κ3) is 2.95. The van der Waals surface area contributed by atoms with Crippen molar-refractivity contribution in [2.45, 2.75) is 31.7 Å². The molecule has 2 aromatic carbocycles. The highest BCUT2D eigenvalue weighted by atomic mass is 15.3. The zero-order valence-corrected chi connectivity index (χ0v) is 17.9. The molecule has 1 aliphatic carbocycles. The lowest BCUT2D eigenvalue weighted by molar-refractivity contribution is 0.253. The summed E-state index contributed by atoms with van der Waals surface area (Å²) < 4.78 is 1.91. The first-order valence-electron chi connectivity index (χ1n) is 11.0.